The van der Waals surface area contributed by atoms with Crippen LogP contribution < -0.4 is 17.0 Å². The van der Waals surface area contributed by atoms with Gasteiger partial charge in [-0.1, -0.05) is 5.92 Å². The molecule has 0 aromatic heterocycles. The average Bonchev–Trinajstić information content (AvgIpc) is 2.28. The maximum atomic E-state index is 11.5. The largest absolute Gasteiger partial charge is 1.00 e. The lowest BCUT2D eigenvalue weighted by molar-refractivity contribution is -0.919. The Morgan fingerprint density at radius 2 is 1.82 bits per heavy atom. The number of hydrogen-bond donors (Lipinski definition) is 0. The van der Waals surface area contributed by atoms with Crippen molar-refractivity contribution in [2.45, 2.75) is 19.3 Å². The minimum Gasteiger partial charge on any atom is -1.00 e. The number of carbonyl (C=O) groups is 1. The molecule has 0 atom stereocenters. The number of nitrogens with zero attached hydrogens (tertiary/aromatic N) is 1. The van der Waals surface area contributed by atoms with Crippen molar-refractivity contribution in [3.63, 3.8) is 0 Å². The summed E-state index contributed by atoms with van der Waals surface area (Å²) in [5, 5.41) is 0. The van der Waals surface area contributed by atoms with E-state index in [1.165, 1.54) is 6.42 Å². The van der Waals surface area contributed by atoms with Gasteiger partial charge in [0.05, 0.1) is 13.1 Å². The normalized spacial score (nSPS) is 17.1. The summed E-state index contributed by atoms with van der Waals surface area (Å²) < 4.78 is 5.57. The number of esters is 1. The van der Waals surface area contributed by atoms with E-state index < -0.39 is 0 Å². The highest BCUT2D eigenvalue weighted by molar-refractivity contribution is 5.70. The molecule has 0 amide bonds. The molecule has 0 unspecified atom stereocenters. The minimum absolute atomic E-state index is 0. The SMILES string of the molecule is C#CCOC(=O)C[N+]1(CC#C)CCCCC1.[Br-]. The molecular weight excluding hydrogens is 282 g/mol. The fourth-order valence-electron chi connectivity index (χ4n) is 2.19. The molecule has 0 aromatic rings. The molecule has 1 rings (SSSR count). The summed E-state index contributed by atoms with van der Waals surface area (Å²) in [6, 6.07) is 0. The fraction of sp³-hybridized carbons (Fsp3) is 0.615. The van der Waals surface area contributed by atoms with E-state index in [2.05, 4.69) is 11.8 Å². The first-order valence-electron chi connectivity index (χ1n) is 5.60. The van der Waals surface area contributed by atoms with Gasteiger partial charge in [-0.05, 0) is 25.2 Å². The van der Waals surface area contributed by atoms with Crippen LogP contribution >= 0.6 is 0 Å². The molecule has 0 bridgehead atoms. The number of piperidine rings is 1. The van der Waals surface area contributed by atoms with Crippen molar-refractivity contribution in [2.24, 2.45) is 0 Å². The molecular formula is C13H18BrNO2. The minimum atomic E-state index is -0.241. The fourth-order valence-corrected chi connectivity index (χ4v) is 2.19. The predicted molar refractivity (Wildman–Crippen MR) is 62.2 cm³/mol. The average molecular weight is 300 g/mol. The van der Waals surface area contributed by atoms with Gasteiger partial charge in [0.15, 0.2) is 13.2 Å². The Morgan fingerprint density at radius 1 is 1.18 bits per heavy atom. The molecule has 1 fully saturated rings. The molecule has 0 radical (unpaired) electrons. The number of likely N-dealkylation sites (tertiary alicyclic amines) is 1. The second-order valence-corrected chi connectivity index (χ2v) is 4.23. The molecule has 0 spiro atoms. The molecule has 0 N–H and O–H groups in total. The topological polar surface area (TPSA) is 26.3 Å². The van der Waals surface area contributed by atoms with E-state index in [9.17, 15) is 4.79 Å². The van der Waals surface area contributed by atoms with Crippen molar-refractivity contribution in [1.29, 1.82) is 0 Å². The van der Waals surface area contributed by atoms with Crippen molar-refractivity contribution in [1.82, 2.24) is 0 Å². The van der Waals surface area contributed by atoms with Gasteiger partial charge in [0.2, 0.25) is 0 Å². The summed E-state index contributed by atoms with van der Waals surface area (Å²) in [7, 11) is 0. The van der Waals surface area contributed by atoms with Crippen LogP contribution in [0.4, 0.5) is 0 Å². The molecule has 17 heavy (non-hydrogen) atoms. The zero-order valence-electron chi connectivity index (χ0n) is 9.95. The summed E-state index contributed by atoms with van der Waals surface area (Å²) in [6.07, 6.45) is 13.9. The molecule has 1 aliphatic rings. The van der Waals surface area contributed by atoms with Crippen molar-refractivity contribution in [3.05, 3.63) is 0 Å². The van der Waals surface area contributed by atoms with Gasteiger partial charge in [-0.2, -0.15) is 0 Å². The summed E-state index contributed by atoms with van der Waals surface area (Å²) in [6.45, 7) is 2.94. The third-order valence-electron chi connectivity index (χ3n) is 2.97. The quantitative estimate of drug-likeness (QED) is 0.335. The molecule has 1 saturated heterocycles. The second-order valence-electron chi connectivity index (χ2n) is 4.23. The smallest absolute Gasteiger partial charge is 0.362 e. The molecule has 4 heteroatoms. The van der Waals surface area contributed by atoms with Crippen LogP contribution in [0.5, 0.6) is 0 Å². The van der Waals surface area contributed by atoms with Gasteiger partial charge in [0.1, 0.15) is 6.54 Å². The van der Waals surface area contributed by atoms with Crippen LogP contribution in [0.1, 0.15) is 19.3 Å². The lowest BCUT2D eigenvalue weighted by Crippen LogP contribution is -3.00. The Kier molecular flexibility index (Phi) is 7.70. The number of terminal acetylenes is 2. The van der Waals surface area contributed by atoms with Gasteiger partial charge >= 0.3 is 5.97 Å². The lowest BCUT2D eigenvalue weighted by Gasteiger charge is -2.38. The van der Waals surface area contributed by atoms with Gasteiger partial charge in [-0.3, -0.25) is 0 Å². The van der Waals surface area contributed by atoms with E-state index in [-0.39, 0.29) is 29.6 Å². The highest BCUT2D eigenvalue weighted by atomic mass is 79.9. The summed E-state index contributed by atoms with van der Waals surface area (Å²) >= 11 is 0. The van der Waals surface area contributed by atoms with Crippen LogP contribution in [0, 0.1) is 24.7 Å². The number of quaternary nitrogens is 1. The van der Waals surface area contributed by atoms with Crippen LogP contribution in [-0.2, 0) is 9.53 Å². The van der Waals surface area contributed by atoms with E-state index in [4.69, 9.17) is 17.6 Å². The number of carbonyl (C=O) groups excluding carboxylic acids is 1. The van der Waals surface area contributed by atoms with E-state index >= 15 is 0 Å². The first-order chi connectivity index (χ1) is 7.72. The van der Waals surface area contributed by atoms with Crippen molar-refractivity contribution >= 4 is 5.97 Å². The van der Waals surface area contributed by atoms with Crippen LogP contribution in [-0.4, -0.2) is 43.2 Å². The van der Waals surface area contributed by atoms with Crippen LogP contribution in [0.15, 0.2) is 0 Å². The van der Waals surface area contributed by atoms with Crippen LogP contribution in [0.25, 0.3) is 0 Å². The van der Waals surface area contributed by atoms with Gasteiger partial charge in [-0.25, -0.2) is 4.79 Å². The lowest BCUT2D eigenvalue weighted by atomic mass is 10.1. The zero-order valence-corrected chi connectivity index (χ0v) is 11.5. The third-order valence-corrected chi connectivity index (χ3v) is 2.97. The molecule has 1 heterocycles. The van der Waals surface area contributed by atoms with E-state index in [0.29, 0.717) is 17.6 Å². The van der Waals surface area contributed by atoms with Gasteiger partial charge in [-0.15, -0.1) is 12.8 Å². The Bertz CT molecular complexity index is 321. The second kappa shape index (κ2) is 8.17. The first-order valence-corrected chi connectivity index (χ1v) is 5.60. The number of ether oxygens (including phenoxy) is 1. The molecule has 0 saturated carbocycles. The highest BCUT2D eigenvalue weighted by Gasteiger charge is 2.32. The van der Waals surface area contributed by atoms with Crippen molar-refractivity contribution in [3.8, 4) is 24.7 Å². The van der Waals surface area contributed by atoms with Crippen molar-refractivity contribution < 1.29 is 31.0 Å². The molecule has 0 aliphatic carbocycles. The molecule has 3 nitrogen and oxygen atoms in total. The predicted octanol–water partition coefficient (Wildman–Crippen LogP) is -2.20. The first kappa shape index (κ1) is 16.0. The monoisotopic (exact) mass is 299 g/mol. The highest BCUT2D eigenvalue weighted by Crippen LogP contribution is 2.18. The molecule has 1 aliphatic heterocycles. The van der Waals surface area contributed by atoms with Gasteiger partial charge in [0, 0.05) is 0 Å². The Morgan fingerprint density at radius 3 is 2.35 bits per heavy atom. The Hall–Kier alpha value is -0.970. The Labute approximate surface area is 114 Å². The number of rotatable bonds is 4. The third kappa shape index (κ3) is 5.26. The van der Waals surface area contributed by atoms with Crippen LogP contribution in [0.2, 0.25) is 0 Å². The number of halogens is 1. The summed E-state index contributed by atoms with van der Waals surface area (Å²) in [5.41, 5.74) is 0. The number of hydrogen-bond acceptors (Lipinski definition) is 2. The maximum Gasteiger partial charge on any atom is 0.362 e. The molecule has 0 aromatic carbocycles. The van der Waals surface area contributed by atoms with Crippen LogP contribution in [0.3, 0.4) is 0 Å². The van der Waals surface area contributed by atoms with E-state index in [0.717, 1.165) is 25.9 Å². The Balaban J connectivity index is 0.00000256. The van der Waals surface area contributed by atoms with Gasteiger partial charge < -0.3 is 26.2 Å². The summed E-state index contributed by atoms with van der Waals surface area (Å²) in [4.78, 5) is 11.5. The maximum absolute atomic E-state index is 11.5. The van der Waals surface area contributed by atoms with E-state index in [1.54, 1.807) is 0 Å². The standard InChI is InChI=1S/C13H18NO2.BrH/c1-3-8-14(9-6-5-7-10-14)12-13(15)16-11-4-2;/h1-2H,5-12H2;1H/q+1;/p-1. The van der Waals surface area contributed by atoms with Gasteiger partial charge in [0.25, 0.3) is 0 Å². The zero-order chi connectivity index (χ0) is 11.9. The van der Waals surface area contributed by atoms with Crippen molar-refractivity contribution in [2.75, 3.05) is 32.8 Å². The summed E-state index contributed by atoms with van der Waals surface area (Å²) in [5.74, 6) is 4.71. The molecule has 94 valence electrons. The van der Waals surface area contributed by atoms with E-state index in [1.807, 2.05) is 0 Å².